The topological polar surface area (TPSA) is 64.3 Å². The van der Waals surface area contributed by atoms with Crippen molar-refractivity contribution in [2.24, 2.45) is 5.73 Å². The molecule has 0 saturated carbocycles. The van der Waals surface area contributed by atoms with Crippen molar-refractivity contribution in [3.05, 3.63) is 29.8 Å². The Balaban J connectivity index is 2.45. The van der Waals surface area contributed by atoms with Crippen molar-refractivity contribution in [1.29, 1.82) is 0 Å². The van der Waals surface area contributed by atoms with Crippen molar-refractivity contribution in [3.63, 3.8) is 0 Å². The molecule has 0 saturated heterocycles. The minimum absolute atomic E-state index is 0.0516. The maximum atomic E-state index is 11.5. The standard InChI is InChI=1S/C14H18N2O2/c1-2-18-11-9-14(17)16-13-7-5-12(6-8-13)4-3-10-15/h5-8H,2,9-11,15H2,1H3,(H,16,17). The minimum atomic E-state index is -0.0516. The van der Waals surface area contributed by atoms with Crippen LogP contribution in [0.25, 0.3) is 0 Å². The quantitative estimate of drug-likeness (QED) is 0.609. The molecule has 0 aromatic heterocycles. The molecule has 4 nitrogen and oxygen atoms in total. The second-order valence-corrected chi connectivity index (χ2v) is 3.58. The van der Waals surface area contributed by atoms with Crippen LogP contribution in [0.2, 0.25) is 0 Å². The van der Waals surface area contributed by atoms with Crippen LogP contribution in [-0.2, 0) is 9.53 Å². The molecule has 0 heterocycles. The molecule has 1 aromatic carbocycles. The molecule has 0 fully saturated rings. The summed E-state index contributed by atoms with van der Waals surface area (Å²) < 4.78 is 5.11. The van der Waals surface area contributed by atoms with E-state index in [1.807, 2.05) is 31.2 Å². The number of carbonyl (C=O) groups excluding carboxylic acids is 1. The molecule has 0 aliphatic carbocycles. The second-order valence-electron chi connectivity index (χ2n) is 3.58. The lowest BCUT2D eigenvalue weighted by atomic mass is 10.2. The number of ether oxygens (including phenoxy) is 1. The number of amides is 1. The van der Waals surface area contributed by atoms with Gasteiger partial charge in [0.2, 0.25) is 5.91 Å². The first-order valence-corrected chi connectivity index (χ1v) is 5.93. The molecular weight excluding hydrogens is 228 g/mol. The molecule has 0 aliphatic rings. The Kier molecular flexibility index (Phi) is 6.55. The zero-order valence-electron chi connectivity index (χ0n) is 10.5. The molecule has 1 amide bonds. The van der Waals surface area contributed by atoms with E-state index in [0.717, 1.165) is 11.3 Å². The maximum absolute atomic E-state index is 11.5. The van der Waals surface area contributed by atoms with Crippen molar-refractivity contribution in [2.45, 2.75) is 13.3 Å². The molecule has 0 atom stereocenters. The first-order chi connectivity index (χ1) is 8.76. The lowest BCUT2D eigenvalue weighted by molar-refractivity contribution is -0.117. The van der Waals surface area contributed by atoms with Gasteiger partial charge in [-0.25, -0.2) is 0 Å². The van der Waals surface area contributed by atoms with Crippen LogP contribution in [0.1, 0.15) is 18.9 Å². The Hall–Kier alpha value is -1.83. The summed E-state index contributed by atoms with van der Waals surface area (Å²) in [5.41, 5.74) is 6.93. The average Bonchev–Trinajstić information content (AvgIpc) is 2.38. The summed E-state index contributed by atoms with van der Waals surface area (Å²) >= 11 is 0. The van der Waals surface area contributed by atoms with Crippen molar-refractivity contribution in [3.8, 4) is 11.8 Å². The molecular formula is C14H18N2O2. The van der Waals surface area contributed by atoms with E-state index in [4.69, 9.17) is 10.5 Å². The van der Waals surface area contributed by atoms with E-state index in [9.17, 15) is 4.79 Å². The SMILES string of the molecule is CCOCCC(=O)Nc1ccc(C#CCN)cc1. The largest absolute Gasteiger partial charge is 0.381 e. The molecule has 0 spiro atoms. The van der Waals surface area contributed by atoms with Crippen molar-refractivity contribution in [1.82, 2.24) is 0 Å². The number of carbonyl (C=O) groups is 1. The Labute approximate surface area is 108 Å². The number of nitrogens with two attached hydrogens (primary N) is 1. The van der Waals surface area contributed by atoms with Crippen LogP contribution in [-0.4, -0.2) is 25.7 Å². The van der Waals surface area contributed by atoms with Crippen LogP contribution >= 0.6 is 0 Å². The normalized spacial score (nSPS) is 9.44. The van der Waals surface area contributed by atoms with Crippen molar-refractivity contribution >= 4 is 11.6 Å². The fourth-order valence-corrected chi connectivity index (χ4v) is 1.32. The molecule has 1 rings (SSSR count). The zero-order valence-corrected chi connectivity index (χ0v) is 10.5. The first kappa shape index (κ1) is 14.2. The van der Waals surface area contributed by atoms with Crippen LogP contribution < -0.4 is 11.1 Å². The predicted molar refractivity (Wildman–Crippen MR) is 72.1 cm³/mol. The van der Waals surface area contributed by atoms with Gasteiger partial charge in [-0.2, -0.15) is 0 Å². The number of nitrogens with one attached hydrogen (secondary N) is 1. The van der Waals surface area contributed by atoms with Crippen molar-refractivity contribution in [2.75, 3.05) is 25.1 Å². The van der Waals surface area contributed by atoms with Gasteiger partial charge in [0, 0.05) is 17.9 Å². The van der Waals surface area contributed by atoms with E-state index in [-0.39, 0.29) is 5.91 Å². The number of benzene rings is 1. The third-order valence-electron chi connectivity index (χ3n) is 2.18. The monoisotopic (exact) mass is 246 g/mol. The summed E-state index contributed by atoms with van der Waals surface area (Å²) in [6.07, 6.45) is 0.364. The van der Waals surface area contributed by atoms with Gasteiger partial charge in [-0.15, -0.1) is 0 Å². The summed E-state index contributed by atoms with van der Waals surface area (Å²) in [5.74, 6) is 5.64. The highest BCUT2D eigenvalue weighted by molar-refractivity contribution is 5.90. The molecule has 3 N–H and O–H groups in total. The second kappa shape index (κ2) is 8.29. The molecule has 18 heavy (non-hydrogen) atoms. The summed E-state index contributed by atoms with van der Waals surface area (Å²) in [7, 11) is 0. The highest BCUT2D eigenvalue weighted by Gasteiger charge is 2.01. The lowest BCUT2D eigenvalue weighted by Crippen LogP contribution is -2.14. The van der Waals surface area contributed by atoms with Crippen LogP contribution in [0.3, 0.4) is 0 Å². The highest BCUT2D eigenvalue weighted by Crippen LogP contribution is 2.09. The van der Waals surface area contributed by atoms with E-state index in [2.05, 4.69) is 17.2 Å². The van der Waals surface area contributed by atoms with Gasteiger partial charge in [0.05, 0.1) is 19.6 Å². The maximum Gasteiger partial charge on any atom is 0.226 e. The predicted octanol–water partition coefficient (Wildman–Crippen LogP) is 1.36. The van der Waals surface area contributed by atoms with E-state index < -0.39 is 0 Å². The molecule has 0 bridgehead atoms. The average molecular weight is 246 g/mol. The molecule has 4 heteroatoms. The van der Waals surface area contributed by atoms with Crippen molar-refractivity contribution < 1.29 is 9.53 Å². The van der Waals surface area contributed by atoms with E-state index in [1.54, 1.807) is 0 Å². The van der Waals surface area contributed by atoms with Gasteiger partial charge in [0.25, 0.3) is 0 Å². The molecule has 0 unspecified atom stereocenters. The minimum Gasteiger partial charge on any atom is -0.381 e. The van der Waals surface area contributed by atoms with E-state index >= 15 is 0 Å². The number of rotatable bonds is 5. The van der Waals surface area contributed by atoms with Gasteiger partial charge in [0.15, 0.2) is 0 Å². The Bertz CT molecular complexity index is 429. The fourth-order valence-electron chi connectivity index (χ4n) is 1.32. The summed E-state index contributed by atoms with van der Waals surface area (Å²) in [6.45, 7) is 3.32. The molecule has 1 aromatic rings. The van der Waals surface area contributed by atoms with Gasteiger partial charge >= 0.3 is 0 Å². The van der Waals surface area contributed by atoms with E-state index in [1.165, 1.54) is 0 Å². The van der Waals surface area contributed by atoms with Crippen LogP contribution in [0.15, 0.2) is 24.3 Å². The first-order valence-electron chi connectivity index (χ1n) is 5.93. The number of anilines is 1. The summed E-state index contributed by atoms with van der Waals surface area (Å²) in [4.78, 5) is 11.5. The molecule has 96 valence electrons. The summed E-state index contributed by atoms with van der Waals surface area (Å²) in [5, 5.41) is 2.79. The number of hydrogen-bond acceptors (Lipinski definition) is 3. The lowest BCUT2D eigenvalue weighted by Gasteiger charge is -2.05. The van der Waals surface area contributed by atoms with Gasteiger partial charge in [-0.3, -0.25) is 4.79 Å². The Morgan fingerprint density at radius 3 is 2.72 bits per heavy atom. The third kappa shape index (κ3) is 5.48. The van der Waals surface area contributed by atoms with Gasteiger partial charge < -0.3 is 15.8 Å². The van der Waals surface area contributed by atoms with Gasteiger partial charge in [-0.05, 0) is 31.2 Å². The third-order valence-corrected chi connectivity index (χ3v) is 2.18. The molecule has 0 radical (unpaired) electrons. The fraction of sp³-hybridized carbons (Fsp3) is 0.357. The number of hydrogen-bond donors (Lipinski definition) is 2. The van der Waals surface area contributed by atoms with Gasteiger partial charge in [-0.1, -0.05) is 11.8 Å². The Morgan fingerprint density at radius 1 is 1.39 bits per heavy atom. The smallest absolute Gasteiger partial charge is 0.226 e. The highest BCUT2D eigenvalue weighted by atomic mass is 16.5. The van der Waals surface area contributed by atoms with Crippen LogP contribution in [0.5, 0.6) is 0 Å². The van der Waals surface area contributed by atoms with Crippen LogP contribution in [0, 0.1) is 11.8 Å². The molecule has 0 aliphatic heterocycles. The van der Waals surface area contributed by atoms with Crippen LogP contribution in [0.4, 0.5) is 5.69 Å². The van der Waals surface area contributed by atoms with E-state index in [0.29, 0.717) is 26.2 Å². The Morgan fingerprint density at radius 2 is 2.11 bits per heavy atom. The summed E-state index contributed by atoms with van der Waals surface area (Å²) in [6, 6.07) is 7.33. The zero-order chi connectivity index (χ0) is 13.2. The van der Waals surface area contributed by atoms with Gasteiger partial charge in [0.1, 0.15) is 0 Å².